The summed E-state index contributed by atoms with van der Waals surface area (Å²) in [6, 6.07) is 21.0. The number of pyridine rings is 1. The third kappa shape index (κ3) is 3.39. The molecule has 128 valence electrons. The molecule has 25 heavy (non-hydrogen) atoms. The first-order chi connectivity index (χ1) is 12.3. The molecule has 0 bridgehead atoms. The predicted molar refractivity (Wildman–Crippen MR) is 106 cm³/mol. The summed E-state index contributed by atoms with van der Waals surface area (Å²) in [5.41, 5.74) is 2.80. The van der Waals surface area contributed by atoms with E-state index in [1.807, 2.05) is 12.4 Å². The van der Waals surface area contributed by atoms with Crippen LogP contribution in [0.3, 0.4) is 0 Å². The summed E-state index contributed by atoms with van der Waals surface area (Å²) >= 11 is 0. The zero-order valence-electron chi connectivity index (χ0n) is 14.9. The Morgan fingerprint density at radius 1 is 0.960 bits per heavy atom. The van der Waals surface area contributed by atoms with Crippen molar-refractivity contribution in [2.24, 2.45) is 0 Å². The Balaban J connectivity index is 1.56. The van der Waals surface area contributed by atoms with Crippen LogP contribution in [0.1, 0.15) is 38.2 Å². The van der Waals surface area contributed by atoms with Gasteiger partial charge in [-0.25, -0.2) is 0 Å². The van der Waals surface area contributed by atoms with Crippen molar-refractivity contribution in [1.82, 2.24) is 4.98 Å². The smallest absolute Gasteiger partial charge is 0.0401 e. The van der Waals surface area contributed by atoms with Crippen LogP contribution in [0.4, 0.5) is 5.69 Å². The van der Waals surface area contributed by atoms with Crippen LogP contribution in [0.25, 0.3) is 10.8 Å². The Hall–Kier alpha value is -2.35. The summed E-state index contributed by atoms with van der Waals surface area (Å²) < 4.78 is 0. The number of hydrogen-bond acceptors (Lipinski definition) is 2. The molecule has 3 aromatic rings. The molecular formula is C23H26N2. The topological polar surface area (TPSA) is 16.1 Å². The molecule has 0 saturated carbocycles. The quantitative estimate of drug-likeness (QED) is 0.617. The normalized spacial score (nSPS) is 20.8. The zero-order valence-corrected chi connectivity index (χ0v) is 14.9. The van der Waals surface area contributed by atoms with Crippen molar-refractivity contribution in [2.75, 3.05) is 4.90 Å². The Morgan fingerprint density at radius 2 is 1.76 bits per heavy atom. The molecule has 2 atom stereocenters. The van der Waals surface area contributed by atoms with Gasteiger partial charge in [0.15, 0.2) is 0 Å². The first-order valence-corrected chi connectivity index (χ1v) is 9.48. The van der Waals surface area contributed by atoms with E-state index in [9.17, 15) is 0 Å². The molecule has 1 aromatic heterocycles. The Bertz CT molecular complexity index is 822. The van der Waals surface area contributed by atoms with Crippen molar-refractivity contribution in [2.45, 2.75) is 51.1 Å². The van der Waals surface area contributed by atoms with Crippen LogP contribution in [-0.4, -0.2) is 17.1 Å². The Morgan fingerprint density at radius 3 is 2.64 bits per heavy atom. The monoisotopic (exact) mass is 330 g/mol. The summed E-state index contributed by atoms with van der Waals surface area (Å²) in [5, 5.41) is 2.76. The highest BCUT2D eigenvalue weighted by Crippen LogP contribution is 2.31. The van der Waals surface area contributed by atoms with Gasteiger partial charge in [0.05, 0.1) is 0 Å². The lowest BCUT2D eigenvalue weighted by atomic mass is 9.90. The van der Waals surface area contributed by atoms with Crippen LogP contribution < -0.4 is 4.90 Å². The number of aryl methyl sites for hydroxylation is 1. The van der Waals surface area contributed by atoms with E-state index in [1.165, 1.54) is 47.7 Å². The highest BCUT2D eigenvalue weighted by molar-refractivity contribution is 5.85. The highest BCUT2D eigenvalue weighted by atomic mass is 15.2. The number of aromatic nitrogens is 1. The second kappa shape index (κ2) is 7.26. The average molecular weight is 330 g/mol. The largest absolute Gasteiger partial charge is 0.366 e. The maximum absolute atomic E-state index is 4.19. The molecule has 0 radical (unpaired) electrons. The van der Waals surface area contributed by atoms with Gasteiger partial charge in [-0.1, -0.05) is 42.5 Å². The lowest BCUT2D eigenvalue weighted by Crippen LogP contribution is -2.45. The Kier molecular flexibility index (Phi) is 4.69. The van der Waals surface area contributed by atoms with Gasteiger partial charge in [-0.3, -0.25) is 4.98 Å². The van der Waals surface area contributed by atoms with Gasteiger partial charge in [-0.15, -0.1) is 0 Å². The third-order valence-corrected chi connectivity index (χ3v) is 5.62. The van der Waals surface area contributed by atoms with E-state index in [0.717, 1.165) is 6.42 Å². The van der Waals surface area contributed by atoms with Gasteiger partial charge in [0.25, 0.3) is 0 Å². The number of piperidine rings is 1. The van der Waals surface area contributed by atoms with Crippen LogP contribution >= 0.6 is 0 Å². The fourth-order valence-electron chi connectivity index (χ4n) is 4.38. The summed E-state index contributed by atoms with van der Waals surface area (Å²) in [7, 11) is 0. The van der Waals surface area contributed by atoms with E-state index in [1.54, 1.807) is 0 Å². The van der Waals surface area contributed by atoms with E-state index in [-0.39, 0.29) is 0 Å². The fourth-order valence-corrected chi connectivity index (χ4v) is 4.38. The number of hydrogen-bond donors (Lipinski definition) is 0. The molecule has 2 heteroatoms. The molecule has 4 rings (SSSR count). The molecule has 2 aromatic carbocycles. The van der Waals surface area contributed by atoms with Crippen molar-refractivity contribution >= 4 is 16.5 Å². The molecule has 2 nitrogen and oxygen atoms in total. The van der Waals surface area contributed by atoms with Gasteiger partial charge in [-0.2, -0.15) is 0 Å². The number of nitrogens with zero attached hydrogens (tertiary/aromatic N) is 2. The minimum atomic E-state index is 0.605. The summed E-state index contributed by atoms with van der Waals surface area (Å²) in [5.74, 6) is 0. The minimum Gasteiger partial charge on any atom is -0.366 e. The van der Waals surface area contributed by atoms with Gasteiger partial charge >= 0.3 is 0 Å². The maximum Gasteiger partial charge on any atom is 0.0401 e. The van der Waals surface area contributed by atoms with Crippen LogP contribution in [0, 0.1) is 0 Å². The molecule has 2 heterocycles. The van der Waals surface area contributed by atoms with Gasteiger partial charge in [0.2, 0.25) is 0 Å². The third-order valence-electron chi connectivity index (χ3n) is 5.62. The second-order valence-corrected chi connectivity index (χ2v) is 7.22. The van der Waals surface area contributed by atoms with E-state index in [0.29, 0.717) is 12.1 Å². The molecule has 1 aliphatic rings. The first kappa shape index (κ1) is 16.1. The van der Waals surface area contributed by atoms with Crippen LogP contribution in [-0.2, 0) is 6.42 Å². The lowest BCUT2D eigenvalue weighted by molar-refractivity contribution is 0.381. The van der Waals surface area contributed by atoms with E-state index in [4.69, 9.17) is 0 Å². The Labute approximate surface area is 150 Å². The molecule has 0 spiro atoms. The number of fused-ring (bicyclic) bond motifs is 1. The fraction of sp³-hybridized carbons (Fsp3) is 0.348. The van der Waals surface area contributed by atoms with Crippen molar-refractivity contribution in [1.29, 1.82) is 0 Å². The van der Waals surface area contributed by atoms with Crippen molar-refractivity contribution in [3.05, 3.63) is 72.6 Å². The van der Waals surface area contributed by atoms with E-state index in [2.05, 4.69) is 71.4 Å². The SMILES string of the molecule is CC1CCCC(CCc2cccc3ccccc23)N1c1ccncc1. The molecular weight excluding hydrogens is 304 g/mol. The summed E-state index contributed by atoms with van der Waals surface area (Å²) in [6.45, 7) is 2.37. The maximum atomic E-state index is 4.19. The summed E-state index contributed by atoms with van der Waals surface area (Å²) in [6.07, 6.45) is 10.1. The molecule has 1 saturated heterocycles. The molecule has 0 N–H and O–H groups in total. The van der Waals surface area contributed by atoms with Crippen molar-refractivity contribution in [3.8, 4) is 0 Å². The first-order valence-electron chi connectivity index (χ1n) is 9.48. The molecule has 0 aliphatic carbocycles. The van der Waals surface area contributed by atoms with E-state index < -0.39 is 0 Å². The lowest BCUT2D eigenvalue weighted by Gasteiger charge is -2.42. The number of rotatable bonds is 4. The van der Waals surface area contributed by atoms with Crippen LogP contribution in [0.5, 0.6) is 0 Å². The van der Waals surface area contributed by atoms with Crippen LogP contribution in [0.15, 0.2) is 67.0 Å². The molecule has 1 aliphatic heterocycles. The zero-order chi connectivity index (χ0) is 17.1. The highest BCUT2D eigenvalue weighted by Gasteiger charge is 2.27. The number of anilines is 1. The number of benzene rings is 2. The second-order valence-electron chi connectivity index (χ2n) is 7.22. The summed E-state index contributed by atoms with van der Waals surface area (Å²) in [4.78, 5) is 6.83. The van der Waals surface area contributed by atoms with Gasteiger partial charge < -0.3 is 4.90 Å². The predicted octanol–water partition coefficient (Wildman–Crippen LogP) is 5.62. The van der Waals surface area contributed by atoms with Crippen LogP contribution in [0.2, 0.25) is 0 Å². The molecule has 2 unspecified atom stereocenters. The minimum absolute atomic E-state index is 0.605. The van der Waals surface area contributed by atoms with E-state index >= 15 is 0 Å². The van der Waals surface area contributed by atoms with Gasteiger partial charge in [0.1, 0.15) is 0 Å². The average Bonchev–Trinajstić information content (AvgIpc) is 2.67. The molecule has 0 amide bonds. The van der Waals surface area contributed by atoms with Crippen molar-refractivity contribution in [3.63, 3.8) is 0 Å². The standard InChI is InChI=1S/C23H26N2/c1-18-6-4-10-21(25(18)22-14-16-24-17-15-22)13-12-20-9-5-8-19-7-2-3-11-23(19)20/h2-3,5,7-9,11,14-18,21H,4,6,10,12-13H2,1H3. The van der Waals surface area contributed by atoms with Crippen molar-refractivity contribution < 1.29 is 0 Å². The molecule has 1 fully saturated rings. The van der Waals surface area contributed by atoms with Gasteiger partial charge in [-0.05, 0) is 67.5 Å². The van der Waals surface area contributed by atoms with Gasteiger partial charge in [0, 0.05) is 30.2 Å².